The Morgan fingerprint density at radius 1 is 1.24 bits per heavy atom. The van der Waals surface area contributed by atoms with Crippen molar-refractivity contribution >= 4 is 28.6 Å². The Kier molecular flexibility index (Phi) is 2.66. The lowest BCUT2D eigenvalue weighted by Gasteiger charge is -2.19. The highest BCUT2D eigenvalue weighted by atomic mass is 16.6. The van der Waals surface area contributed by atoms with Gasteiger partial charge in [0.1, 0.15) is 6.29 Å². The van der Waals surface area contributed by atoms with Crippen LogP contribution >= 0.6 is 0 Å². The molecule has 21 heavy (non-hydrogen) atoms. The Labute approximate surface area is 120 Å². The number of aromatic nitrogens is 2. The number of rotatable bonds is 2. The topological polar surface area (TPSA) is 86.0 Å². The zero-order chi connectivity index (χ0) is 15.4. The van der Waals surface area contributed by atoms with E-state index in [0.717, 1.165) is 11.9 Å². The second-order valence-corrected chi connectivity index (χ2v) is 5.63. The van der Waals surface area contributed by atoms with Gasteiger partial charge in [0.15, 0.2) is 0 Å². The molecule has 106 valence electrons. The summed E-state index contributed by atoms with van der Waals surface area (Å²) in [5.74, 6) is 0. The first-order valence-electron chi connectivity index (χ1n) is 6.50. The molecule has 0 amide bonds. The SMILES string of the molecule is CC1=C(C=O)C(C)(C)c2nc3cc([N+](=O)[O-])ccc3nc21. The maximum absolute atomic E-state index is 11.3. The number of hydrogen-bond acceptors (Lipinski definition) is 5. The predicted molar refractivity (Wildman–Crippen MR) is 77.9 cm³/mol. The number of non-ortho nitro benzene ring substituents is 1. The minimum atomic E-state index is -0.535. The van der Waals surface area contributed by atoms with Gasteiger partial charge in [-0.3, -0.25) is 14.9 Å². The van der Waals surface area contributed by atoms with Crippen LogP contribution in [0.3, 0.4) is 0 Å². The largest absolute Gasteiger partial charge is 0.298 e. The van der Waals surface area contributed by atoms with E-state index in [4.69, 9.17) is 0 Å². The van der Waals surface area contributed by atoms with E-state index in [1.54, 1.807) is 6.07 Å². The molecule has 6 nitrogen and oxygen atoms in total. The maximum atomic E-state index is 11.3. The number of nitro groups is 1. The van der Waals surface area contributed by atoms with E-state index in [-0.39, 0.29) is 5.69 Å². The molecule has 0 unspecified atom stereocenters. The molecule has 0 bridgehead atoms. The van der Waals surface area contributed by atoms with Crippen LogP contribution in [0.25, 0.3) is 16.6 Å². The molecule has 1 aliphatic carbocycles. The molecule has 6 heteroatoms. The van der Waals surface area contributed by atoms with Crippen LogP contribution in [-0.4, -0.2) is 21.2 Å². The zero-order valence-corrected chi connectivity index (χ0v) is 11.9. The first-order valence-corrected chi connectivity index (χ1v) is 6.50. The summed E-state index contributed by atoms with van der Waals surface area (Å²) in [7, 11) is 0. The summed E-state index contributed by atoms with van der Waals surface area (Å²) >= 11 is 0. The Morgan fingerprint density at radius 3 is 2.57 bits per heavy atom. The fourth-order valence-electron chi connectivity index (χ4n) is 2.81. The van der Waals surface area contributed by atoms with Gasteiger partial charge in [0.25, 0.3) is 5.69 Å². The molecule has 0 fully saturated rings. The average molecular weight is 283 g/mol. The summed E-state index contributed by atoms with van der Waals surface area (Å²) in [6, 6.07) is 4.40. The van der Waals surface area contributed by atoms with Crippen molar-refractivity contribution in [2.45, 2.75) is 26.2 Å². The monoisotopic (exact) mass is 283 g/mol. The summed E-state index contributed by atoms with van der Waals surface area (Å²) < 4.78 is 0. The Bertz CT molecular complexity index is 837. The molecule has 0 atom stereocenters. The molecule has 0 saturated carbocycles. The van der Waals surface area contributed by atoms with Gasteiger partial charge in [-0.25, -0.2) is 9.97 Å². The lowest BCUT2D eigenvalue weighted by atomic mass is 9.85. The summed E-state index contributed by atoms with van der Waals surface area (Å²) in [6.45, 7) is 5.66. The van der Waals surface area contributed by atoms with E-state index in [1.807, 2.05) is 20.8 Å². The molecule has 0 spiro atoms. The number of fused-ring (bicyclic) bond motifs is 2. The normalized spacial score (nSPS) is 16.1. The Balaban J connectivity index is 2.32. The van der Waals surface area contributed by atoms with Crippen molar-refractivity contribution in [1.29, 1.82) is 0 Å². The highest BCUT2D eigenvalue weighted by molar-refractivity contribution is 5.95. The van der Waals surface area contributed by atoms with Crippen LogP contribution < -0.4 is 0 Å². The summed E-state index contributed by atoms with van der Waals surface area (Å²) in [5, 5.41) is 10.9. The van der Waals surface area contributed by atoms with E-state index in [1.165, 1.54) is 12.1 Å². The number of benzene rings is 1. The summed E-state index contributed by atoms with van der Waals surface area (Å²) in [4.78, 5) is 30.8. The summed E-state index contributed by atoms with van der Waals surface area (Å²) in [5.41, 5.74) is 3.36. The van der Waals surface area contributed by atoms with Crippen LogP contribution in [0.1, 0.15) is 32.2 Å². The minimum Gasteiger partial charge on any atom is -0.298 e. The minimum absolute atomic E-state index is 0.0205. The van der Waals surface area contributed by atoms with Crippen molar-refractivity contribution < 1.29 is 9.72 Å². The van der Waals surface area contributed by atoms with Gasteiger partial charge in [0.2, 0.25) is 0 Å². The molecule has 1 heterocycles. The molecule has 2 aromatic rings. The van der Waals surface area contributed by atoms with Gasteiger partial charge >= 0.3 is 0 Å². The molecule has 0 radical (unpaired) electrons. The smallest absolute Gasteiger partial charge is 0.271 e. The Morgan fingerprint density at radius 2 is 1.95 bits per heavy atom. The number of nitrogens with zero attached hydrogens (tertiary/aromatic N) is 3. The van der Waals surface area contributed by atoms with Crippen LogP contribution in [0.5, 0.6) is 0 Å². The quantitative estimate of drug-likeness (QED) is 0.480. The number of hydrogen-bond donors (Lipinski definition) is 0. The zero-order valence-electron chi connectivity index (χ0n) is 11.9. The van der Waals surface area contributed by atoms with E-state index in [0.29, 0.717) is 28.0 Å². The number of aldehydes is 1. The predicted octanol–water partition coefficient (Wildman–Crippen LogP) is 2.80. The molecule has 0 saturated heterocycles. The molecule has 0 aliphatic heterocycles. The summed E-state index contributed by atoms with van der Waals surface area (Å²) in [6.07, 6.45) is 0.839. The van der Waals surface area contributed by atoms with Crippen molar-refractivity contribution in [3.63, 3.8) is 0 Å². The molecule has 1 aromatic heterocycles. The van der Waals surface area contributed by atoms with E-state index in [2.05, 4.69) is 9.97 Å². The van der Waals surface area contributed by atoms with Gasteiger partial charge in [-0.2, -0.15) is 0 Å². The van der Waals surface area contributed by atoms with Crippen LogP contribution in [0.4, 0.5) is 5.69 Å². The van der Waals surface area contributed by atoms with Crippen LogP contribution in [0.15, 0.2) is 23.8 Å². The maximum Gasteiger partial charge on any atom is 0.271 e. The second kappa shape index (κ2) is 4.18. The molecule has 1 aliphatic rings. The van der Waals surface area contributed by atoms with Crippen molar-refractivity contribution in [2.24, 2.45) is 0 Å². The average Bonchev–Trinajstić information content (AvgIpc) is 2.63. The van der Waals surface area contributed by atoms with Crippen molar-refractivity contribution in [3.05, 3.63) is 45.3 Å². The van der Waals surface area contributed by atoms with Crippen molar-refractivity contribution in [1.82, 2.24) is 9.97 Å². The second-order valence-electron chi connectivity index (χ2n) is 5.63. The number of allylic oxidation sites excluding steroid dienone is 2. The van der Waals surface area contributed by atoms with Gasteiger partial charge < -0.3 is 0 Å². The van der Waals surface area contributed by atoms with Crippen LogP contribution in [0.2, 0.25) is 0 Å². The molecule has 1 aromatic carbocycles. The van der Waals surface area contributed by atoms with Crippen LogP contribution in [0, 0.1) is 10.1 Å². The van der Waals surface area contributed by atoms with Crippen molar-refractivity contribution in [3.8, 4) is 0 Å². The third-order valence-corrected chi connectivity index (χ3v) is 4.00. The van der Waals surface area contributed by atoms with Crippen molar-refractivity contribution in [2.75, 3.05) is 0 Å². The third-order valence-electron chi connectivity index (χ3n) is 4.00. The van der Waals surface area contributed by atoms with E-state index in [9.17, 15) is 14.9 Å². The molecule has 3 rings (SSSR count). The standard InChI is InChI=1S/C15H13N3O3/c1-8-10(7-19)15(2,3)14-13(8)16-11-5-4-9(18(20)21)6-12(11)17-14/h4-7H,1-3H3. The number of nitro benzene ring substituents is 1. The molecular weight excluding hydrogens is 270 g/mol. The van der Waals surface area contributed by atoms with Gasteiger partial charge in [-0.1, -0.05) is 0 Å². The lowest BCUT2D eigenvalue weighted by Crippen LogP contribution is -2.20. The van der Waals surface area contributed by atoms with Gasteiger partial charge in [0, 0.05) is 23.1 Å². The fourth-order valence-corrected chi connectivity index (χ4v) is 2.81. The van der Waals surface area contributed by atoms with Gasteiger partial charge in [-0.05, 0) is 32.4 Å². The highest BCUT2D eigenvalue weighted by Crippen LogP contribution is 2.43. The van der Waals surface area contributed by atoms with Crippen LogP contribution in [-0.2, 0) is 10.2 Å². The number of carbonyl (C=O) groups is 1. The van der Waals surface area contributed by atoms with E-state index < -0.39 is 10.3 Å². The first-order chi connectivity index (χ1) is 9.86. The Hall–Kier alpha value is -2.63. The lowest BCUT2D eigenvalue weighted by molar-refractivity contribution is -0.384. The van der Waals surface area contributed by atoms with Gasteiger partial charge in [0.05, 0.1) is 27.3 Å². The van der Waals surface area contributed by atoms with Gasteiger partial charge in [-0.15, -0.1) is 0 Å². The fraction of sp³-hybridized carbons (Fsp3) is 0.267. The highest BCUT2D eigenvalue weighted by Gasteiger charge is 2.39. The molecule has 0 N–H and O–H groups in total. The number of carbonyl (C=O) groups excluding carboxylic acids is 1. The molecular formula is C15H13N3O3. The van der Waals surface area contributed by atoms with E-state index >= 15 is 0 Å². The third kappa shape index (κ3) is 1.75. The first kappa shape index (κ1) is 13.4.